The fraction of sp³-hybridized carbons (Fsp3) is 0.556. The highest BCUT2D eigenvalue weighted by Crippen LogP contribution is 2.19. The van der Waals surface area contributed by atoms with Crippen molar-refractivity contribution in [1.29, 1.82) is 0 Å². The van der Waals surface area contributed by atoms with Crippen LogP contribution in [0.25, 0.3) is 0 Å². The molecule has 1 saturated heterocycles. The smallest absolute Gasteiger partial charge is 0.317 e. The number of piperidine rings is 1. The lowest BCUT2D eigenvalue weighted by atomic mass is 9.95. The fourth-order valence-corrected chi connectivity index (χ4v) is 3.15. The van der Waals surface area contributed by atoms with Crippen LogP contribution >= 0.6 is 0 Å². The molecule has 132 valence electrons. The standard InChI is InChI=1S/C18H26FN3O2/c1-13(7-8-14-4-2-6-16(19)10-14)21-18(24)22-9-3-5-15(12-22)11-17(20)23/h2,4,6,10,13,15H,3,5,7-9,11-12H2,1H3,(H2,20,23)(H,21,24). The average Bonchev–Trinajstić information content (AvgIpc) is 2.52. The van der Waals surface area contributed by atoms with E-state index < -0.39 is 0 Å². The number of primary amides is 1. The van der Waals surface area contributed by atoms with Gasteiger partial charge in [-0.3, -0.25) is 4.79 Å². The molecule has 1 aliphatic heterocycles. The predicted molar refractivity (Wildman–Crippen MR) is 90.8 cm³/mol. The summed E-state index contributed by atoms with van der Waals surface area (Å²) in [6, 6.07) is 6.42. The van der Waals surface area contributed by atoms with Crippen LogP contribution in [0.5, 0.6) is 0 Å². The summed E-state index contributed by atoms with van der Waals surface area (Å²) in [7, 11) is 0. The van der Waals surface area contributed by atoms with E-state index in [0.29, 0.717) is 25.9 Å². The van der Waals surface area contributed by atoms with E-state index in [1.54, 1.807) is 11.0 Å². The third-order valence-electron chi connectivity index (χ3n) is 4.42. The Morgan fingerprint density at radius 1 is 1.46 bits per heavy atom. The normalized spacial score (nSPS) is 18.9. The van der Waals surface area contributed by atoms with Crippen LogP contribution in [0.2, 0.25) is 0 Å². The predicted octanol–water partition coefficient (Wildman–Crippen LogP) is 2.44. The molecule has 1 heterocycles. The third-order valence-corrected chi connectivity index (χ3v) is 4.42. The summed E-state index contributed by atoms with van der Waals surface area (Å²) in [5.41, 5.74) is 6.17. The van der Waals surface area contributed by atoms with Crippen molar-refractivity contribution in [2.24, 2.45) is 11.7 Å². The summed E-state index contributed by atoms with van der Waals surface area (Å²) in [6.07, 6.45) is 3.61. The van der Waals surface area contributed by atoms with Crippen molar-refractivity contribution in [3.8, 4) is 0 Å². The molecule has 2 unspecified atom stereocenters. The van der Waals surface area contributed by atoms with Gasteiger partial charge in [-0.05, 0) is 56.2 Å². The zero-order valence-corrected chi connectivity index (χ0v) is 14.1. The zero-order valence-electron chi connectivity index (χ0n) is 14.1. The Hall–Kier alpha value is -2.11. The molecule has 0 aromatic heterocycles. The van der Waals surface area contributed by atoms with E-state index >= 15 is 0 Å². The lowest BCUT2D eigenvalue weighted by Gasteiger charge is -2.33. The van der Waals surface area contributed by atoms with Gasteiger partial charge in [0.15, 0.2) is 0 Å². The lowest BCUT2D eigenvalue weighted by molar-refractivity contribution is -0.119. The van der Waals surface area contributed by atoms with Gasteiger partial charge in [0.25, 0.3) is 0 Å². The van der Waals surface area contributed by atoms with Gasteiger partial charge < -0.3 is 16.0 Å². The minimum atomic E-state index is -0.314. The first-order chi connectivity index (χ1) is 11.4. The molecule has 0 bridgehead atoms. The number of aryl methyl sites for hydroxylation is 1. The van der Waals surface area contributed by atoms with Crippen LogP contribution in [0.4, 0.5) is 9.18 Å². The molecule has 1 aliphatic rings. The molecule has 24 heavy (non-hydrogen) atoms. The molecule has 0 spiro atoms. The fourth-order valence-electron chi connectivity index (χ4n) is 3.15. The number of carbonyl (C=O) groups is 2. The molecule has 0 aliphatic carbocycles. The first-order valence-electron chi connectivity index (χ1n) is 8.52. The highest BCUT2D eigenvalue weighted by molar-refractivity contribution is 5.75. The topological polar surface area (TPSA) is 75.4 Å². The summed E-state index contributed by atoms with van der Waals surface area (Å²) >= 11 is 0. The van der Waals surface area contributed by atoms with E-state index in [0.717, 1.165) is 24.8 Å². The van der Waals surface area contributed by atoms with Gasteiger partial charge in [-0.25, -0.2) is 9.18 Å². The number of hydrogen-bond donors (Lipinski definition) is 2. The van der Waals surface area contributed by atoms with Crippen molar-refractivity contribution >= 4 is 11.9 Å². The van der Waals surface area contributed by atoms with Crippen LogP contribution in [0, 0.1) is 11.7 Å². The van der Waals surface area contributed by atoms with E-state index in [4.69, 9.17) is 5.73 Å². The van der Waals surface area contributed by atoms with Crippen molar-refractivity contribution in [3.63, 3.8) is 0 Å². The number of nitrogens with zero attached hydrogens (tertiary/aromatic N) is 1. The second-order valence-corrected chi connectivity index (χ2v) is 6.64. The molecule has 6 heteroatoms. The summed E-state index contributed by atoms with van der Waals surface area (Å²) < 4.78 is 13.2. The van der Waals surface area contributed by atoms with Crippen LogP contribution in [-0.2, 0) is 11.2 Å². The molecule has 0 radical (unpaired) electrons. The molecular weight excluding hydrogens is 309 g/mol. The summed E-state index contributed by atoms with van der Waals surface area (Å²) in [6.45, 7) is 3.23. The molecule has 3 N–H and O–H groups in total. The SMILES string of the molecule is CC(CCc1cccc(F)c1)NC(=O)N1CCCC(CC(N)=O)C1. The molecule has 1 aromatic rings. The van der Waals surface area contributed by atoms with Gasteiger partial charge in [-0.1, -0.05) is 12.1 Å². The molecule has 3 amide bonds. The van der Waals surface area contributed by atoms with Crippen LogP contribution in [-0.4, -0.2) is 36.0 Å². The number of hydrogen-bond acceptors (Lipinski definition) is 2. The minimum absolute atomic E-state index is 0.00251. The largest absolute Gasteiger partial charge is 0.370 e. The molecule has 5 nitrogen and oxygen atoms in total. The minimum Gasteiger partial charge on any atom is -0.370 e. The molecule has 2 atom stereocenters. The first-order valence-corrected chi connectivity index (χ1v) is 8.52. The second-order valence-electron chi connectivity index (χ2n) is 6.64. The number of carbonyl (C=O) groups excluding carboxylic acids is 2. The lowest BCUT2D eigenvalue weighted by Crippen LogP contribution is -2.48. The van der Waals surface area contributed by atoms with E-state index in [1.807, 2.05) is 13.0 Å². The number of likely N-dealkylation sites (tertiary alicyclic amines) is 1. The van der Waals surface area contributed by atoms with Crippen LogP contribution in [0.1, 0.15) is 38.2 Å². The Morgan fingerprint density at radius 2 is 2.25 bits per heavy atom. The summed E-state index contributed by atoms with van der Waals surface area (Å²) in [5, 5.41) is 2.99. The second kappa shape index (κ2) is 8.66. The van der Waals surface area contributed by atoms with Crippen LogP contribution in [0.3, 0.4) is 0 Å². The number of nitrogens with two attached hydrogens (primary N) is 1. The number of halogens is 1. The van der Waals surface area contributed by atoms with E-state index in [-0.39, 0.29) is 29.7 Å². The van der Waals surface area contributed by atoms with Crippen LogP contribution < -0.4 is 11.1 Å². The van der Waals surface area contributed by atoms with Crippen molar-refractivity contribution < 1.29 is 14.0 Å². The van der Waals surface area contributed by atoms with Gasteiger partial charge >= 0.3 is 6.03 Å². The summed E-state index contributed by atoms with van der Waals surface area (Å²) in [4.78, 5) is 25.1. The highest BCUT2D eigenvalue weighted by Gasteiger charge is 2.25. The van der Waals surface area contributed by atoms with Gasteiger partial charge in [-0.15, -0.1) is 0 Å². The summed E-state index contributed by atoms with van der Waals surface area (Å²) in [5.74, 6) is -0.395. The highest BCUT2D eigenvalue weighted by atomic mass is 19.1. The quantitative estimate of drug-likeness (QED) is 0.838. The van der Waals surface area contributed by atoms with E-state index in [2.05, 4.69) is 5.32 Å². The Bertz CT molecular complexity index is 579. The van der Waals surface area contributed by atoms with Gasteiger partial charge in [0.05, 0.1) is 0 Å². The first kappa shape index (κ1) is 18.2. The van der Waals surface area contributed by atoms with Gasteiger partial charge in [0, 0.05) is 25.6 Å². The average molecular weight is 335 g/mol. The Balaban J connectivity index is 1.77. The van der Waals surface area contributed by atoms with Gasteiger partial charge in [0.1, 0.15) is 5.82 Å². The van der Waals surface area contributed by atoms with E-state index in [1.165, 1.54) is 12.1 Å². The maximum atomic E-state index is 13.2. The third kappa shape index (κ3) is 5.83. The van der Waals surface area contributed by atoms with Crippen molar-refractivity contribution in [2.45, 2.75) is 45.1 Å². The Morgan fingerprint density at radius 3 is 2.96 bits per heavy atom. The Kier molecular flexibility index (Phi) is 6.58. The number of rotatable bonds is 6. The monoisotopic (exact) mass is 335 g/mol. The molecule has 0 saturated carbocycles. The number of urea groups is 1. The number of amides is 3. The number of benzene rings is 1. The molecule has 2 rings (SSSR count). The Labute approximate surface area is 142 Å². The van der Waals surface area contributed by atoms with Gasteiger partial charge in [-0.2, -0.15) is 0 Å². The van der Waals surface area contributed by atoms with E-state index in [9.17, 15) is 14.0 Å². The maximum absolute atomic E-state index is 13.2. The zero-order chi connectivity index (χ0) is 17.5. The maximum Gasteiger partial charge on any atom is 0.317 e. The number of nitrogens with one attached hydrogen (secondary N) is 1. The van der Waals surface area contributed by atoms with Gasteiger partial charge in [0.2, 0.25) is 5.91 Å². The molecule has 1 fully saturated rings. The van der Waals surface area contributed by atoms with Crippen molar-refractivity contribution in [2.75, 3.05) is 13.1 Å². The molecular formula is C18H26FN3O2. The van der Waals surface area contributed by atoms with Crippen LogP contribution in [0.15, 0.2) is 24.3 Å². The van der Waals surface area contributed by atoms with Crippen molar-refractivity contribution in [3.05, 3.63) is 35.6 Å². The molecule has 1 aromatic carbocycles. The van der Waals surface area contributed by atoms with Crippen molar-refractivity contribution in [1.82, 2.24) is 10.2 Å².